The predicted molar refractivity (Wildman–Crippen MR) is 66.4 cm³/mol. The van der Waals surface area contributed by atoms with Crippen LogP contribution in [0.25, 0.3) is 0 Å². The Morgan fingerprint density at radius 3 is 1.33 bits per heavy atom. The van der Waals surface area contributed by atoms with Crippen LogP contribution in [-0.4, -0.2) is 23.3 Å². The maximum Gasteiger partial charge on any atom is 0.408 e. The van der Waals surface area contributed by atoms with Crippen molar-refractivity contribution in [3.63, 3.8) is 0 Å². The first-order valence-corrected chi connectivity index (χ1v) is 11.6. The van der Waals surface area contributed by atoms with Gasteiger partial charge in [-0.05, 0) is 18.7 Å². The molecule has 0 aromatic carbocycles. The first-order valence-electron chi connectivity index (χ1n) is 4.43. The minimum Gasteiger partial charge on any atom is -0.184 e. The van der Waals surface area contributed by atoms with Gasteiger partial charge in [-0.2, -0.15) is 33.9 Å². The molecule has 24 heteroatoms. The third kappa shape index (κ3) is 4.98. The summed E-state index contributed by atoms with van der Waals surface area (Å²) in [5.41, 5.74) is 0. The number of rotatable bonds is 0. The van der Waals surface area contributed by atoms with Gasteiger partial charge >= 0.3 is 50.5 Å². The molecule has 0 saturated heterocycles. The van der Waals surface area contributed by atoms with Gasteiger partial charge in [0.25, 0.3) is 0 Å². The maximum atomic E-state index is 13.1. The molecule has 144 valence electrons. The van der Waals surface area contributed by atoms with E-state index in [0.717, 1.165) is 0 Å². The van der Waals surface area contributed by atoms with E-state index in [1.54, 1.807) is 0 Å². The molecule has 5 atom stereocenters. The summed E-state index contributed by atoms with van der Waals surface area (Å²) in [6.07, 6.45) is 0. The lowest BCUT2D eigenvalue weighted by Gasteiger charge is -2.29. The Morgan fingerprint density at radius 1 is 0.583 bits per heavy atom. The second-order valence-corrected chi connectivity index (χ2v) is 12.1. The van der Waals surface area contributed by atoms with Gasteiger partial charge in [0.2, 0.25) is 0 Å². The molecule has 0 aliphatic carbocycles. The van der Waals surface area contributed by atoms with Crippen LogP contribution in [0.1, 0.15) is 0 Å². The molecule has 0 aromatic heterocycles. The molecule has 0 radical (unpaired) electrons. The molecule has 24 heavy (non-hydrogen) atoms. The summed E-state index contributed by atoms with van der Waals surface area (Å²) in [4.78, 5) is 0. The highest BCUT2D eigenvalue weighted by molar-refractivity contribution is 7.77. The Hall–Kier alpha value is 1.34. The maximum absolute atomic E-state index is 13.1. The quantitative estimate of drug-likeness (QED) is 0.189. The zero-order valence-electron chi connectivity index (χ0n) is 9.90. The molecular weight excluding hydrogens is 498 g/mol. The van der Waals surface area contributed by atoms with Crippen LogP contribution < -0.4 is 0 Å². The first-order chi connectivity index (χ1) is 10.8. The van der Waals surface area contributed by atoms with E-state index in [-0.39, 0.29) is 0 Å². The summed E-state index contributed by atoms with van der Waals surface area (Å²) >= 11 is 0. The predicted octanol–water partition coefficient (Wildman–Crippen LogP) is 8.80. The van der Waals surface area contributed by atoms with E-state index in [0.29, 0.717) is 0 Å². The summed E-state index contributed by atoms with van der Waals surface area (Å²) in [5.74, 6) is 0. The Morgan fingerprint density at radius 2 is 0.917 bits per heavy atom. The number of halogens is 12. The Kier molecular flexibility index (Phi) is 8.79. The van der Waals surface area contributed by atoms with E-state index in [2.05, 4.69) is 0 Å². The Labute approximate surface area is 131 Å². The van der Waals surface area contributed by atoms with Crippen LogP contribution in [0.15, 0.2) is 4.52 Å². The first kappa shape index (κ1) is 23.4. The van der Waals surface area contributed by atoms with E-state index >= 15 is 0 Å². The average Bonchev–Trinajstić information content (AvgIpc) is 2.54. The van der Waals surface area contributed by atoms with Crippen molar-refractivity contribution in [2.75, 3.05) is 0 Å². The summed E-state index contributed by atoms with van der Waals surface area (Å²) in [5, 5.41) is 0. The summed E-state index contributed by atoms with van der Waals surface area (Å²) < 4.78 is 147. The zero-order chi connectivity index (χ0) is 19.0. The third-order valence-electron chi connectivity index (χ3n) is 1.61. The topological polar surface area (TPSA) is 28.6 Å². The van der Waals surface area contributed by atoms with Gasteiger partial charge in [-0.15, -0.1) is 22.4 Å². The molecule has 6 nitrogen and oxygen atoms in total. The summed E-state index contributed by atoms with van der Waals surface area (Å²) in [6, 6.07) is 0. The van der Waals surface area contributed by atoms with Crippen LogP contribution >= 0.6 is 50.5 Å². The lowest BCUT2D eigenvalue weighted by atomic mass is 13.6. The van der Waals surface area contributed by atoms with Gasteiger partial charge in [-0.3, -0.25) is 0 Å². The van der Waals surface area contributed by atoms with Gasteiger partial charge in [0.15, 0.2) is 0 Å². The van der Waals surface area contributed by atoms with E-state index in [1.807, 2.05) is 0 Å². The number of nitrogens with zero attached hydrogens (tertiary/aromatic N) is 6. The molecule has 5 unspecified atom stereocenters. The fourth-order valence-corrected chi connectivity index (χ4v) is 8.20. The second kappa shape index (κ2) is 9.02. The Balaban J connectivity index is 3.38. The van der Waals surface area contributed by atoms with Crippen molar-refractivity contribution in [1.29, 1.82) is 0 Å². The van der Waals surface area contributed by atoms with Gasteiger partial charge in [-0.1, -0.05) is 0 Å². The highest BCUT2D eigenvalue weighted by Gasteiger charge is 2.53. The fourth-order valence-electron chi connectivity index (χ4n) is 0.731. The van der Waals surface area contributed by atoms with E-state index in [1.165, 1.54) is 4.52 Å². The van der Waals surface area contributed by atoms with Crippen LogP contribution in [0.2, 0.25) is 0 Å². The highest BCUT2D eigenvalue weighted by atomic mass is 31.3. The summed E-state index contributed by atoms with van der Waals surface area (Å²) in [7, 11) is -32.2. The number of hydrogen-bond donors (Lipinski definition) is 0. The molecule has 1 rings (SSSR count). The van der Waals surface area contributed by atoms with Crippen molar-refractivity contribution in [3.8, 4) is 0 Å². The molecule has 1 heterocycles. The highest BCUT2D eigenvalue weighted by Crippen LogP contribution is 2.81. The standard InChI is InChI=1S/F12N6P6/c1-14-19(6)13-24(11,12)18(5)23(10)17(4)22(9)16(3)21(8)15(2)20(14)7. The smallest absolute Gasteiger partial charge is 0.184 e. The summed E-state index contributed by atoms with van der Waals surface area (Å²) in [6.45, 7) is 0. The van der Waals surface area contributed by atoms with Crippen molar-refractivity contribution >= 4 is 50.5 Å². The van der Waals surface area contributed by atoms with Crippen LogP contribution in [0.4, 0.5) is 51.8 Å². The van der Waals surface area contributed by atoms with Crippen molar-refractivity contribution in [1.82, 2.24) is 23.3 Å². The average molecular weight is 498 g/mol. The van der Waals surface area contributed by atoms with Crippen molar-refractivity contribution < 1.29 is 51.8 Å². The van der Waals surface area contributed by atoms with Crippen LogP contribution in [0, 0.1) is 0 Å². The number of hydrogen-bond acceptors (Lipinski definition) is 6. The molecule has 0 aromatic rings. The molecule has 1 aliphatic heterocycles. The normalized spacial score (nSPS) is 39.9. The molecule has 0 spiro atoms. The zero-order valence-corrected chi connectivity index (χ0v) is 15.3. The van der Waals surface area contributed by atoms with E-state index < -0.39 is 73.8 Å². The molecule has 0 saturated carbocycles. The van der Waals surface area contributed by atoms with Gasteiger partial charge in [-0.25, -0.2) is 0 Å². The van der Waals surface area contributed by atoms with Gasteiger partial charge in [0.1, 0.15) is 0 Å². The van der Waals surface area contributed by atoms with Crippen LogP contribution in [-0.2, 0) is 0 Å². The van der Waals surface area contributed by atoms with Crippen molar-refractivity contribution in [2.45, 2.75) is 0 Å². The fraction of sp³-hybridized carbons (Fsp3) is 0. The molecule has 0 bridgehead atoms. The minimum atomic E-state index is -7.02. The largest absolute Gasteiger partial charge is 0.408 e. The van der Waals surface area contributed by atoms with Crippen LogP contribution in [0.3, 0.4) is 0 Å². The lowest BCUT2D eigenvalue weighted by molar-refractivity contribution is 0.144. The second-order valence-electron chi connectivity index (χ2n) is 2.95. The molecular formula is F12N6P6. The molecule has 0 fully saturated rings. The van der Waals surface area contributed by atoms with Gasteiger partial charge in [0, 0.05) is 4.66 Å². The van der Waals surface area contributed by atoms with E-state index in [4.69, 9.17) is 0 Å². The Bertz CT molecular complexity index is 475. The van der Waals surface area contributed by atoms with E-state index in [9.17, 15) is 51.8 Å². The third-order valence-corrected chi connectivity index (χ3v) is 10.5. The van der Waals surface area contributed by atoms with Gasteiger partial charge < -0.3 is 0 Å². The lowest BCUT2D eigenvalue weighted by Crippen LogP contribution is -2.16. The SMILES string of the molecule is FN1P(F)N=P(F)(F)N(F)P(F)N(F)P(F)N(F)P(F)N(F)P1F. The van der Waals surface area contributed by atoms with Crippen LogP contribution in [0.5, 0.6) is 0 Å². The van der Waals surface area contributed by atoms with Crippen molar-refractivity contribution in [2.24, 2.45) is 4.52 Å². The van der Waals surface area contributed by atoms with Crippen molar-refractivity contribution in [3.05, 3.63) is 0 Å². The van der Waals surface area contributed by atoms with Gasteiger partial charge in [0.05, 0.1) is 0 Å². The minimum absolute atomic E-state index is 1.45. The monoisotopic (exact) mass is 498 g/mol. The molecule has 1 aliphatic rings. The molecule has 0 N–H and O–H groups in total. The molecule has 0 amide bonds.